The number of likely N-dealkylation sites (tertiary alicyclic amines) is 1. The molecule has 1 amide bonds. The number of nitrogens with zero attached hydrogens (tertiary/aromatic N) is 1. The van der Waals surface area contributed by atoms with Crippen LogP contribution in [0, 0.1) is 11.7 Å². The maximum Gasteiger partial charge on any atom is 0.227 e. The molecule has 5 nitrogen and oxygen atoms in total. The van der Waals surface area contributed by atoms with Crippen LogP contribution in [0.3, 0.4) is 0 Å². The number of carbonyl (C=O) groups excluding carboxylic acids is 1. The predicted molar refractivity (Wildman–Crippen MR) is 87.1 cm³/mol. The van der Waals surface area contributed by atoms with Crippen molar-refractivity contribution in [2.75, 3.05) is 38.7 Å². The molecular formula is C16H22ClFN2O3. The van der Waals surface area contributed by atoms with E-state index in [1.165, 1.54) is 18.2 Å². The predicted octanol–water partition coefficient (Wildman–Crippen LogP) is 2.14. The first kappa shape index (κ1) is 18.1. The number of anilines is 1. The average molecular weight is 345 g/mol. The molecule has 0 spiro atoms. The molecule has 2 N–H and O–H groups in total. The molecule has 1 fully saturated rings. The van der Waals surface area contributed by atoms with Gasteiger partial charge in [0.2, 0.25) is 5.91 Å². The summed E-state index contributed by atoms with van der Waals surface area (Å²) in [6.07, 6.45) is 0.938. The number of methoxy groups -OCH3 is 1. The Morgan fingerprint density at radius 2 is 2.22 bits per heavy atom. The topological polar surface area (TPSA) is 61.8 Å². The third kappa shape index (κ3) is 5.42. The highest BCUT2D eigenvalue weighted by Gasteiger charge is 2.26. The SMILES string of the molecule is COC[C@H](O)CN1CCC(C(=O)Nc2ccc(F)c(Cl)c2)CC1. The van der Waals surface area contributed by atoms with Crippen LogP contribution in [0.25, 0.3) is 0 Å². The van der Waals surface area contributed by atoms with Crippen molar-refractivity contribution < 1.29 is 19.0 Å². The minimum atomic E-state index is -0.508. The summed E-state index contributed by atoms with van der Waals surface area (Å²) >= 11 is 5.71. The number of nitrogens with one attached hydrogen (secondary N) is 1. The van der Waals surface area contributed by atoms with Gasteiger partial charge in [0.25, 0.3) is 0 Å². The molecule has 0 unspecified atom stereocenters. The van der Waals surface area contributed by atoms with Gasteiger partial charge in [0, 0.05) is 25.3 Å². The number of hydrogen-bond acceptors (Lipinski definition) is 4. The molecule has 0 saturated carbocycles. The zero-order valence-corrected chi connectivity index (χ0v) is 13.9. The highest BCUT2D eigenvalue weighted by Crippen LogP contribution is 2.22. The van der Waals surface area contributed by atoms with Crippen LogP contribution in [-0.4, -0.2) is 55.4 Å². The van der Waals surface area contributed by atoms with Crippen LogP contribution in [0.5, 0.6) is 0 Å². The van der Waals surface area contributed by atoms with E-state index in [9.17, 15) is 14.3 Å². The molecule has 2 rings (SSSR count). The molecule has 0 radical (unpaired) electrons. The zero-order valence-electron chi connectivity index (χ0n) is 13.1. The zero-order chi connectivity index (χ0) is 16.8. The third-order valence-corrected chi connectivity index (χ3v) is 4.26. The molecule has 0 bridgehead atoms. The summed E-state index contributed by atoms with van der Waals surface area (Å²) in [6.45, 7) is 2.37. The number of piperidine rings is 1. The van der Waals surface area contributed by atoms with E-state index >= 15 is 0 Å². The van der Waals surface area contributed by atoms with Gasteiger partial charge in [-0.1, -0.05) is 11.6 Å². The number of benzene rings is 1. The molecule has 1 aliphatic rings. The van der Waals surface area contributed by atoms with E-state index < -0.39 is 11.9 Å². The molecule has 7 heteroatoms. The Bertz CT molecular complexity index is 536. The first-order valence-corrected chi connectivity index (χ1v) is 8.02. The monoisotopic (exact) mass is 344 g/mol. The standard InChI is InChI=1S/C16H22ClFN2O3/c1-23-10-13(21)9-20-6-4-11(5-7-20)16(22)19-12-2-3-15(18)14(17)8-12/h2-3,8,11,13,21H,4-7,9-10H2,1H3,(H,19,22)/t13-/m1/s1. The van der Waals surface area contributed by atoms with Gasteiger partial charge in [-0.05, 0) is 44.1 Å². The quantitative estimate of drug-likeness (QED) is 0.830. The Hall–Kier alpha value is -1.21. The number of carbonyl (C=O) groups is 1. The van der Waals surface area contributed by atoms with Crippen molar-refractivity contribution >= 4 is 23.2 Å². The largest absolute Gasteiger partial charge is 0.389 e. The van der Waals surface area contributed by atoms with Crippen molar-refractivity contribution in [2.24, 2.45) is 5.92 Å². The summed E-state index contributed by atoms with van der Waals surface area (Å²) in [6, 6.07) is 4.14. The molecule has 1 saturated heterocycles. The van der Waals surface area contributed by atoms with Crippen molar-refractivity contribution in [3.05, 3.63) is 29.0 Å². The Morgan fingerprint density at radius 1 is 1.52 bits per heavy atom. The molecule has 0 aromatic heterocycles. The molecule has 23 heavy (non-hydrogen) atoms. The third-order valence-electron chi connectivity index (χ3n) is 3.97. The summed E-state index contributed by atoms with van der Waals surface area (Å²) in [5.74, 6) is -0.674. The van der Waals surface area contributed by atoms with E-state index in [1.54, 1.807) is 7.11 Å². The fourth-order valence-corrected chi connectivity index (χ4v) is 2.92. The van der Waals surface area contributed by atoms with Gasteiger partial charge in [-0.15, -0.1) is 0 Å². The second kappa shape index (κ2) is 8.59. The van der Waals surface area contributed by atoms with E-state index in [-0.39, 0.29) is 16.8 Å². The van der Waals surface area contributed by atoms with Crippen LogP contribution in [0.2, 0.25) is 5.02 Å². The van der Waals surface area contributed by atoms with Crippen molar-refractivity contribution in [3.63, 3.8) is 0 Å². The normalized spacial score (nSPS) is 17.9. The van der Waals surface area contributed by atoms with E-state index in [4.69, 9.17) is 16.3 Å². The minimum Gasteiger partial charge on any atom is -0.389 e. The number of rotatable bonds is 6. The van der Waals surface area contributed by atoms with Crippen LogP contribution >= 0.6 is 11.6 Å². The lowest BCUT2D eigenvalue weighted by atomic mass is 9.95. The van der Waals surface area contributed by atoms with Gasteiger partial charge >= 0.3 is 0 Å². The van der Waals surface area contributed by atoms with E-state index in [2.05, 4.69) is 10.2 Å². The Balaban J connectivity index is 1.80. The second-order valence-electron chi connectivity index (χ2n) is 5.80. The van der Waals surface area contributed by atoms with Crippen molar-refractivity contribution in [2.45, 2.75) is 18.9 Å². The highest BCUT2D eigenvalue weighted by molar-refractivity contribution is 6.31. The van der Waals surface area contributed by atoms with Gasteiger partial charge in [-0.2, -0.15) is 0 Å². The van der Waals surface area contributed by atoms with Gasteiger partial charge in [0.15, 0.2) is 0 Å². The fourth-order valence-electron chi connectivity index (χ4n) is 2.74. The summed E-state index contributed by atoms with van der Waals surface area (Å²) in [5.41, 5.74) is 0.499. The molecular weight excluding hydrogens is 323 g/mol. The van der Waals surface area contributed by atoms with Crippen LogP contribution in [-0.2, 0) is 9.53 Å². The second-order valence-corrected chi connectivity index (χ2v) is 6.21. The first-order valence-electron chi connectivity index (χ1n) is 7.65. The number of aliphatic hydroxyl groups is 1. The molecule has 128 valence electrons. The van der Waals surface area contributed by atoms with Crippen LogP contribution in [0.1, 0.15) is 12.8 Å². The summed E-state index contributed by atoms with van der Waals surface area (Å²) in [5, 5.41) is 12.5. The number of halogens is 2. The summed E-state index contributed by atoms with van der Waals surface area (Å²) in [7, 11) is 1.56. The molecule has 1 aliphatic heterocycles. The average Bonchev–Trinajstić information content (AvgIpc) is 2.52. The number of β-amino-alcohol motifs (C(OH)–C–C–N with tert-alkyl or cyclic N) is 1. The summed E-state index contributed by atoms with van der Waals surface area (Å²) in [4.78, 5) is 14.4. The molecule has 1 aromatic rings. The first-order chi connectivity index (χ1) is 11.0. The van der Waals surface area contributed by atoms with Crippen molar-refractivity contribution in [3.8, 4) is 0 Å². The van der Waals surface area contributed by atoms with Gasteiger partial charge in [-0.3, -0.25) is 4.79 Å². The Labute approximate surface area is 140 Å². The minimum absolute atomic E-state index is 0.00949. The molecule has 1 aromatic carbocycles. The molecule has 1 heterocycles. The lowest BCUT2D eigenvalue weighted by molar-refractivity contribution is -0.121. The number of aliphatic hydroxyl groups excluding tert-OH is 1. The van der Waals surface area contributed by atoms with Gasteiger partial charge in [0.05, 0.1) is 17.7 Å². The Kier molecular flexibility index (Phi) is 6.77. The summed E-state index contributed by atoms with van der Waals surface area (Å²) < 4.78 is 18.0. The smallest absolute Gasteiger partial charge is 0.227 e. The van der Waals surface area contributed by atoms with Gasteiger partial charge < -0.3 is 20.1 Å². The Morgan fingerprint density at radius 3 is 2.83 bits per heavy atom. The van der Waals surface area contributed by atoms with E-state index in [1.807, 2.05) is 0 Å². The maximum atomic E-state index is 13.1. The van der Waals surface area contributed by atoms with Crippen molar-refractivity contribution in [1.29, 1.82) is 0 Å². The number of ether oxygens (including phenoxy) is 1. The molecule has 1 atom stereocenters. The van der Waals surface area contributed by atoms with Crippen molar-refractivity contribution in [1.82, 2.24) is 4.90 Å². The van der Waals surface area contributed by atoms with E-state index in [0.717, 1.165) is 25.9 Å². The van der Waals surface area contributed by atoms with E-state index in [0.29, 0.717) is 18.8 Å². The highest BCUT2D eigenvalue weighted by atomic mass is 35.5. The number of amides is 1. The van der Waals surface area contributed by atoms with Gasteiger partial charge in [0.1, 0.15) is 5.82 Å². The van der Waals surface area contributed by atoms with Crippen LogP contribution in [0.15, 0.2) is 18.2 Å². The molecule has 0 aliphatic carbocycles. The lowest BCUT2D eigenvalue weighted by Gasteiger charge is -2.32. The lowest BCUT2D eigenvalue weighted by Crippen LogP contribution is -2.42. The maximum absolute atomic E-state index is 13.1. The fraction of sp³-hybridized carbons (Fsp3) is 0.562. The van der Waals surface area contributed by atoms with Crippen LogP contribution < -0.4 is 5.32 Å². The number of hydrogen-bond donors (Lipinski definition) is 2. The van der Waals surface area contributed by atoms with Crippen LogP contribution in [0.4, 0.5) is 10.1 Å². The van der Waals surface area contributed by atoms with Gasteiger partial charge in [-0.25, -0.2) is 4.39 Å².